The van der Waals surface area contributed by atoms with Crippen molar-refractivity contribution >= 4 is 33.2 Å². The number of aromatic nitrogens is 1. The average molecular weight is 214 g/mol. The lowest BCUT2D eigenvalue weighted by atomic mass is 10.2. The van der Waals surface area contributed by atoms with Crippen molar-refractivity contribution in [2.45, 2.75) is 6.92 Å². The fourth-order valence-electron chi connectivity index (χ4n) is 1.25. The van der Waals surface area contributed by atoms with Gasteiger partial charge in [-0.25, -0.2) is 4.98 Å². The minimum Gasteiger partial charge on any atom is -0.494 e. The molecule has 0 fully saturated rings. The molecule has 1 aromatic carbocycles. The molecule has 1 heterocycles. The lowest BCUT2D eigenvalue weighted by Crippen LogP contribution is -1.84. The highest BCUT2D eigenvalue weighted by Crippen LogP contribution is 2.34. The molecule has 0 amide bonds. The first kappa shape index (κ1) is 8.78. The van der Waals surface area contributed by atoms with E-state index < -0.39 is 0 Å². The highest BCUT2D eigenvalue weighted by molar-refractivity contribution is 7.22. The molecule has 0 saturated carbocycles. The van der Waals surface area contributed by atoms with Crippen LogP contribution in [-0.4, -0.2) is 12.1 Å². The van der Waals surface area contributed by atoms with Crippen LogP contribution in [-0.2, 0) is 0 Å². The fourth-order valence-corrected chi connectivity index (χ4v) is 2.34. The number of ether oxygens (including phenoxy) is 1. The summed E-state index contributed by atoms with van der Waals surface area (Å²) in [6.07, 6.45) is 0. The third-order valence-corrected chi connectivity index (χ3v) is 3.19. The molecular weight excluding hydrogens is 206 g/mol. The van der Waals surface area contributed by atoms with E-state index in [0.717, 1.165) is 16.0 Å². The van der Waals surface area contributed by atoms with Gasteiger partial charge in [-0.3, -0.25) is 0 Å². The van der Waals surface area contributed by atoms with E-state index in [4.69, 9.17) is 16.3 Å². The molecule has 0 aliphatic rings. The Hall–Kier alpha value is -0.800. The molecule has 0 saturated heterocycles. The van der Waals surface area contributed by atoms with Crippen LogP contribution in [0.15, 0.2) is 12.1 Å². The topological polar surface area (TPSA) is 22.1 Å². The van der Waals surface area contributed by atoms with Crippen LogP contribution < -0.4 is 4.74 Å². The molecule has 0 N–H and O–H groups in total. The van der Waals surface area contributed by atoms with E-state index in [1.54, 1.807) is 7.11 Å². The smallest absolute Gasteiger partial charge is 0.184 e. The first-order valence-electron chi connectivity index (χ1n) is 3.82. The lowest BCUT2D eigenvalue weighted by molar-refractivity contribution is 0.419. The summed E-state index contributed by atoms with van der Waals surface area (Å²) in [4.78, 5) is 4.20. The summed E-state index contributed by atoms with van der Waals surface area (Å²) >= 11 is 7.32. The Morgan fingerprint density at radius 1 is 1.46 bits per heavy atom. The Kier molecular flexibility index (Phi) is 2.14. The van der Waals surface area contributed by atoms with Crippen LogP contribution in [0.2, 0.25) is 4.47 Å². The minimum atomic E-state index is 0.558. The molecule has 0 radical (unpaired) electrons. The molecule has 0 unspecified atom stereocenters. The Morgan fingerprint density at radius 3 is 2.92 bits per heavy atom. The molecule has 0 aliphatic carbocycles. The second-order valence-corrected chi connectivity index (χ2v) is 4.31. The maximum atomic E-state index is 5.84. The van der Waals surface area contributed by atoms with Gasteiger partial charge in [-0.15, -0.1) is 11.3 Å². The SMILES string of the molecule is COc1ccc(C)c2sc(Cl)nc12. The third-order valence-electron chi connectivity index (χ3n) is 1.90. The normalized spacial score (nSPS) is 10.7. The standard InChI is InChI=1S/C9H8ClNOS/c1-5-3-4-6(12-2)7-8(5)13-9(10)11-7/h3-4H,1-2H3. The Labute approximate surface area is 85.1 Å². The predicted octanol–water partition coefficient (Wildman–Crippen LogP) is 3.27. The lowest BCUT2D eigenvalue weighted by Gasteiger charge is -2.00. The van der Waals surface area contributed by atoms with Gasteiger partial charge in [0.05, 0.1) is 11.8 Å². The van der Waals surface area contributed by atoms with Gasteiger partial charge in [0.25, 0.3) is 0 Å². The zero-order valence-corrected chi connectivity index (χ0v) is 8.87. The second-order valence-electron chi connectivity index (χ2n) is 2.73. The van der Waals surface area contributed by atoms with Gasteiger partial charge in [0.1, 0.15) is 11.3 Å². The first-order valence-corrected chi connectivity index (χ1v) is 5.01. The van der Waals surface area contributed by atoms with Crippen molar-refractivity contribution in [1.29, 1.82) is 0 Å². The largest absolute Gasteiger partial charge is 0.494 e. The van der Waals surface area contributed by atoms with E-state index in [9.17, 15) is 0 Å². The molecule has 2 rings (SSSR count). The molecule has 0 bridgehead atoms. The molecule has 2 aromatic rings. The van der Waals surface area contributed by atoms with E-state index in [1.165, 1.54) is 16.9 Å². The number of halogens is 1. The molecule has 2 nitrogen and oxygen atoms in total. The highest BCUT2D eigenvalue weighted by Gasteiger charge is 2.09. The van der Waals surface area contributed by atoms with Gasteiger partial charge in [-0.2, -0.15) is 0 Å². The monoisotopic (exact) mass is 213 g/mol. The van der Waals surface area contributed by atoms with E-state index >= 15 is 0 Å². The van der Waals surface area contributed by atoms with Gasteiger partial charge < -0.3 is 4.74 Å². The number of hydrogen-bond donors (Lipinski definition) is 0. The zero-order valence-electron chi connectivity index (χ0n) is 7.30. The van der Waals surface area contributed by atoms with Crippen LogP contribution in [0.5, 0.6) is 5.75 Å². The summed E-state index contributed by atoms with van der Waals surface area (Å²) in [5, 5.41) is 0. The van der Waals surface area contributed by atoms with Crippen LogP contribution in [0.1, 0.15) is 5.56 Å². The average Bonchev–Trinajstić information content (AvgIpc) is 2.48. The van der Waals surface area contributed by atoms with E-state index in [-0.39, 0.29) is 0 Å². The number of aryl methyl sites for hydroxylation is 1. The summed E-state index contributed by atoms with van der Waals surface area (Å²) < 4.78 is 6.84. The number of nitrogens with zero attached hydrogens (tertiary/aromatic N) is 1. The van der Waals surface area contributed by atoms with Gasteiger partial charge >= 0.3 is 0 Å². The molecule has 0 spiro atoms. The zero-order chi connectivity index (χ0) is 9.42. The second kappa shape index (κ2) is 3.16. The summed E-state index contributed by atoms with van der Waals surface area (Å²) in [7, 11) is 1.64. The molecule has 0 atom stereocenters. The van der Waals surface area contributed by atoms with Crippen molar-refractivity contribution < 1.29 is 4.74 Å². The van der Waals surface area contributed by atoms with E-state index in [0.29, 0.717) is 4.47 Å². The molecular formula is C9H8ClNOS. The van der Waals surface area contributed by atoms with Crippen molar-refractivity contribution in [3.8, 4) is 5.75 Å². The van der Waals surface area contributed by atoms with Crippen LogP contribution >= 0.6 is 22.9 Å². The molecule has 13 heavy (non-hydrogen) atoms. The number of benzene rings is 1. The van der Waals surface area contributed by atoms with E-state index in [1.807, 2.05) is 19.1 Å². The Balaban J connectivity index is 2.83. The molecule has 68 valence electrons. The van der Waals surface area contributed by atoms with Crippen LogP contribution in [0.25, 0.3) is 10.2 Å². The van der Waals surface area contributed by atoms with Crippen LogP contribution in [0.3, 0.4) is 0 Å². The molecule has 0 aliphatic heterocycles. The van der Waals surface area contributed by atoms with Crippen molar-refractivity contribution in [3.63, 3.8) is 0 Å². The maximum Gasteiger partial charge on any atom is 0.184 e. The van der Waals surface area contributed by atoms with Crippen molar-refractivity contribution in [3.05, 3.63) is 22.2 Å². The number of thiazole rings is 1. The van der Waals surface area contributed by atoms with Gasteiger partial charge in [0.2, 0.25) is 0 Å². The van der Waals surface area contributed by atoms with E-state index in [2.05, 4.69) is 4.98 Å². The van der Waals surface area contributed by atoms with Crippen LogP contribution in [0.4, 0.5) is 0 Å². The summed E-state index contributed by atoms with van der Waals surface area (Å²) in [6, 6.07) is 3.92. The third kappa shape index (κ3) is 1.38. The number of methoxy groups -OCH3 is 1. The van der Waals surface area contributed by atoms with Gasteiger partial charge in [-0.1, -0.05) is 17.7 Å². The number of hydrogen-bond acceptors (Lipinski definition) is 3. The summed E-state index contributed by atoms with van der Waals surface area (Å²) in [5.41, 5.74) is 2.04. The first-order chi connectivity index (χ1) is 6.22. The van der Waals surface area contributed by atoms with Gasteiger partial charge in [0.15, 0.2) is 4.47 Å². The van der Waals surface area contributed by atoms with Crippen molar-refractivity contribution in [2.24, 2.45) is 0 Å². The van der Waals surface area contributed by atoms with Gasteiger partial charge in [0, 0.05) is 0 Å². The molecule has 4 heteroatoms. The quantitative estimate of drug-likeness (QED) is 0.726. The summed E-state index contributed by atoms with van der Waals surface area (Å²) in [6.45, 7) is 2.04. The van der Waals surface area contributed by atoms with Crippen molar-refractivity contribution in [2.75, 3.05) is 7.11 Å². The number of fused-ring (bicyclic) bond motifs is 1. The Bertz CT molecular complexity index is 452. The van der Waals surface area contributed by atoms with Gasteiger partial charge in [-0.05, 0) is 18.6 Å². The maximum absolute atomic E-state index is 5.84. The van der Waals surface area contributed by atoms with Crippen molar-refractivity contribution in [1.82, 2.24) is 4.98 Å². The summed E-state index contributed by atoms with van der Waals surface area (Å²) in [5.74, 6) is 0.781. The predicted molar refractivity (Wildman–Crippen MR) is 55.9 cm³/mol. The fraction of sp³-hybridized carbons (Fsp3) is 0.222. The minimum absolute atomic E-state index is 0.558. The Morgan fingerprint density at radius 2 is 2.23 bits per heavy atom. The van der Waals surface area contributed by atoms with Crippen LogP contribution in [0, 0.1) is 6.92 Å². The molecule has 1 aromatic heterocycles. The number of rotatable bonds is 1. The highest BCUT2D eigenvalue weighted by atomic mass is 35.5.